The molecule has 0 aromatic heterocycles. The third-order valence-corrected chi connectivity index (χ3v) is 5.66. The molecule has 1 aromatic rings. The van der Waals surface area contributed by atoms with Crippen LogP contribution in [0.1, 0.15) is 0 Å². The van der Waals surface area contributed by atoms with Crippen LogP contribution in [0, 0.1) is 6.07 Å². The topological polar surface area (TPSA) is 0 Å². The molecule has 11 heavy (non-hydrogen) atoms. The van der Waals surface area contributed by atoms with Crippen molar-refractivity contribution in [1.29, 1.82) is 0 Å². The van der Waals surface area contributed by atoms with E-state index in [4.69, 9.17) is 11.6 Å². The molecule has 0 bridgehead atoms. The molecular formula is C6Br4Cl. The Morgan fingerprint density at radius 1 is 0.909 bits per heavy atom. The fourth-order valence-corrected chi connectivity index (χ4v) is 2.83. The lowest BCUT2D eigenvalue weighted by Crippen LogP contribution is -1.77. The lowest BCUT2D eigenvalue weighted by molar-refractivity contribution is 1.49. The largest absolute Gasteiger partial charge is 0.0818 e. The minimum Gasteiger partial charge on any atom is -0.0818 e. The van der Waals surface area contributed by atoms with E-state index in [0.29, 0.717) is 5.02 Å². The van der Waals surface area contributed by atoms with Gasteiger partial charge in [0, 0.05) is 15.0 Å². The van der Waals surface area contributed by atoms with E-state index in [9.17, 15) is 0 Å². The molecule has 0 aliphatic rings. The van der Waals surface area contributed by atoms with E-state index >= 15 is 0 Å². The summed E-state index contributed by atoms with van der Waals surface area (Å²) in [5, 5.41) is 0.627. The van der Waals surface area contributed by atoms with Crippen LogP contribution < -0.4 is 0 Å². The van der Waals surface area contributed by atoms with Crippen molar-refractivity contribution in [2.24, 2.45) is 0 Å². The molecule has 0 heterocycles. The fourth-order valence-electron chi connectivity index (χ4n) is 0.495. The van der Waals surface area contributed by atoms with Gasteiger partial charge in [-0.2, -0.15) is 0 Å². The van der Waals surface area contributed by atoms with Crippen LogP contribution in [0.25, 0.3) is 0 Å². The summed E-state index contributed by atoms with van der Waals surface area (Å²) >= 11 is 19.1. The summed E-state index contributed by atoms with van der Waals surface area (Å²) in [5.74, 6) is 0. The highest BCUT2D eigenvalue weighted by atomic mass is 79.9. The van der Waals surface area contributed by atoms with E-state index in [1.807, 2.05) is 0 Å². The average Bonchev–Trinajstić information content (AvgIpc) is 1.97. The van der Waals surface area contributed by atoms with Gasteiger partial charge in [-0.05, 0) is 63.7 Å². The van der Waals surface area contributed by atoms with Gasteiger partial charge in [0.1, 0.15) is 0 Å². The summed E-state index contributed by atoms with van der Waals surface area (Å²) in [7, 11) is 0. The van der Waals surface area contributed by atoms with E-state index in [1.54, 1.807) is 0 Å². The SMILES string of the molecule is Clc1c(Br)c(Br)[c]c(Br)c1Br. The van der Waals surface area contributed by atoms with Gasteiger partial charge in [0.15, 0.2) is 0 Å². The minimum atomic E-state index is 0.627. The second kappa shape index (κ2) is 4.09. The highest BCUT2D eigenvalue weighted by molar-refractivity contribution is 9.14. The lowest BCUT2D eigenvalue weighted by Gasteiger charge is -2.03. The van der Waals surface area contributed by atoms with Gasteiger partial charge in [0.05, 0.1) is 14.0 Å². The lowest BCUT2D eigenvalue weighted by atomic mass is 10.4. The molecule has 0 unspecified atom stereocenters. The van der Waals surface area contributed by atoms with Gasteiger partial charge >= 0.3 is 0 Å². The molecule has 5 heteroatoms. The zero-order valence-electron chi connectivity index (χ0n) is 4.89. The molecule has 0 aliphatic carbocycles. The molecule has 0 N–H and O–H groups in total. The van der Waals surface area contributed by atoms with Crippen LogP contribution in [0.2, 0.25) is 5.02 Å². The Balaban J connectivity index is 3.46. The van der Waals surface area contributed by atoms with Crippen molar-refractivity contribution in [3.63, 3.8) is 0 Å². The van der Waals surface area contributed by atoms with Crippen LogP contribution >= 0.6 is 75.3 Å². The van der Waals surface area contributed by atoms with E-state index in [0.717, 1.165) is 17.9 Å². The molecule has 0 spiro atoms. The standard InChI is InChI=1S/C6Br4Cl/c7-2-1-3(8)5(10)6(11)4(2)9. The van der Waals surface area contributed by atoms with Gasteiger partial charge in [0.2, 0.25) is 0 Å². The Bertz CT molecular complexity index is 271. The molecule has 0 saturated heterocycles. The van der Waals surface area contributed by atoms with Crippen molar-refractivity contribution in [3.8, 4) is 0 Å². The van der Waals surface area contributed by atoms with E-state index in [-0.39, 0.29) is 0 Å². The maximum absolute atomic E-state index is 5.91. The number of benzene rings is 1. The van der Waals surface area contributed by atoms with E-state index < -0.39 is 0 Å². The zero-order valence-corrected chi connectivity index (χ0v) is 12.0. The Morgan fingerprint density at radius 3 is 1.64 bits per heavy atom. The van der Waals surface area contributed by atoms with Crippen molar-refractivity contribution < 1.29 is 0 Å². The summed E-state index contributed by atoms with van der Waals surface area (Å²) in [4.78, 5) is 0. The molecule has 59 valence electrons. The molecule has 0 nitrogen and oxygen atoms in total. The van der Waals surface area contributed by atoms with Gasteiger partial charge in [-0.25, -0.2) is 0 Å². The summed E-state index contributed by atoms with van der Waals surface area (Å²) < 4.78 is 3.21. The molecule has 0 fully saturated rings. The van der Waals surface area contributed by atoms with Crippen LogP contribution in [0.4, 0.5) is 0 Å². The maximum atomic E-state index is 5.91. The second-order valence-corrected chi connectivity index (χ2v) is 5.24. The molecule has 0 atom stereocenters. The highest BCUT2D eigenvalue weighted by Crippen LogP contribution is 2.40. The Kier molecular flexibility index (Phi) is 3.91. The van der Waals surface area contributed by atoms with Crippen molar-refractivity contribution in [2.45, 2.75) is 0 Å². The highest BCUT2D eigenvalue weighted by Gasteiger charge is 2.10. The van der Waals surface area contributed by atoms with Crippen molar-refractivity contribution >= 4 is 75.3 Å². The Labute approximate surface area is 103 Å². The summed E-state index contributed by atoms with van der Waals surface area (Å²) in [6.07, 6.45) is 0. The second-order valence-electron chi connectivity index (χ2n) is 1.69. The molecule has 1 aromatic carbocycles. The summed E-state index contributed by atoms with van der Waals surface area (Å²) in [6, 6.07) is 3.00. The van der Waals surface area contributed by atoms with Crippen molar-refractivity contribution in [2.75, 3.05) is 0 Å². The molecule has 0 aliphatic heterocycles. The first-order valence-corrected chi connectivity index (χ1v) is 5.99. The van der Waals surface area contributed by atoms with E-state index in [2.05, 4.69) is 69.8 Å². The zero-order chi connectivity index (χ0) is 8.59. The van der Waals surface area contributed by atoms with E-state index in [1.165, 1.54) is 0 Å². The molecule has 0 saturated carbocycles. The van der Waals surface area contributed by atoms with Gasteiger partial charge in [-0.15, -0.1) is 0 Å². The average molecular weight is 427 g/mol. The van der Waals surface area contributed by atoms with Crippen molar-refractivity contribution in [3.05, 3.63) is 29.0 Å². The monoisotopic (exact) mass is 423 g/mol. The van der Waals surface area contributed by atoms with Crippen LogP contribution in [-0.4, -0.2) is 0 Å². The normalized spacial score (nSPS) is 10.3. The third kappa shape index (κ3) is 2.21. The smallest absolute Gasteiger partial charge is 0.0713 e. The van der Waals surface area contributed by atoms with Gasteiger partial charge in [-0.3, -0.25) is 0 Å². The molecule has 0 amide bonds. The predicted octanol–water partition coefficient (Wildman–Crippen LogP) is 5.19. The first kappa shape index (κ1) is 10.5. The predicted molar refractivity (Wildman–Crippen MR) is 61.1 cm³/mol. The molecule has 1 radical (unpaired) electrons. The number of rotatable bonds is 0. The van der Waals surface area contributed by atoms with Gasteiger partial charge in [0.25, 0.3) is 0 Å². The van der Waals surface area contributed by atoms with Crippen LogP contribution in [0.5, 0.6) is 0 Å². The third-order valence-electron chi connectivity index (χ3n) is 0.990. The van der Waals surface area contributed by atoms with Crippen LogP contribution in [0.15, 0.2) is 17.9 Å². The Morgan fingerprint density at radius 2 is 1.27 bits per heavy atom. The maximum Gasteiger partial charge on any atom is 0.0713 e. The molecule has 1 rings (SSSR count). The van der Waals surface area contributed by atoms with Gasteiger partial charge in [-0.1, -0.05) is 11.6 Å². The van der Waals surface area contributed by atoms with Crippen LogP contribution in [-0.2, 0) is 0 Å². The summed E-state index contributed by atoms with van der Waals surface area (Å²) in [5.41, 5.74) is 0. The molecular weight excluding hydrogens is 427 g/mol. The quantitative estimate of drug-likeness (QED) is 0.395. The van der Waals surface area contributed by atoms with Gasteiger partial charge < -0.3 is 0 Å². The van der Waals surface area contributed by atoms with Crippen molar-refractivity contribution in [1.82, 2.24) is 0 Å². The van der Waals surface area contributed by atoms with Crippen LogP contribution in [0.3, 0.4) is 0 Å². The first-order valence-electron chi connectivity index (χ1n) is 2.44. The number of halogens is 5. The Hall–Kier alpha value is 1.43. The fraction of sp³-hybridized carbons (Fsp3) is 0. The first-order chi connectivity index (χ1) is 5.04. The number of hydrogen-bond donors (Lipinski definition) is 0. The number of hydrogen-bond acceptors (Lipinski definition) is 0. The minimum absolute atomic E-state index is 0.627. The summed E-state index contributed by atoms with van der Waals surface area (Å²) in [6.45, 7) is 0.